The van der Waals surface area contributed by atoms with Crippen LogP contribution < -0.4 is 5.32 Å². The molecule has 1 aromatic heterocycles. The molecule has 0 unspecified atom stereocenters. The summed E-state index contributed by atoms with van der Waals surface area (Å²) in [6.07, 6.45) is 6.82. The van der Waals surface area contributed by atoms with Crippen LogP contribution >= 0.6 is 11.8 Å². The zero-order valence-electron chi connectivity index (χ0n) is 11.0. The average molecular weight is 274 g/mol. The Labute approximate surface area is 117 Å². The van der Waals surface area contributed by atoms with Gasteiger partial charge in [0.25, 0.3) is 0 Å². The van der Waals surface area contributed by atoms with Crippen molar-refractivity contribution in [2.24, 2.45) is 5.92 Å². The summed E-state index contributed by atoms with van der Waals surface area (Å²) in [6.45, 7) is 1.91. The summed E-state index contributed by atoms with van der Waals surface area (Å²) in [5.74, 6) is 0.897. The molecule has 0 amide bonds. The van der Waals surface area contributed by atoms with Crippen LogP contribution in [0.15, 0.2) is 35.4 Å². The van der Waals surface area contributed by atoms with Gasteiger partial charge in [-0.25, -0.2) is 4.68 Å². The highest BCUT2D eigenvalue weighted by Gasteiger charge is 2.20. The second-order valence-corrected chi connectivity index (χ2v) is 5.81. The van der Waals surface area contributed by atoms with Crippen LogP contribution in [-0.2, 0) is 6.54 Å². The Balaban J connectivity index is 1.61. The van der Waals surface area contributed by atoms with Gasteiger partial charge in [0.15, 0.2) is 0 Å². The van der Waals surface area contributed by atoms with Crippen LogP contribution in [-0.4, -0.2) is 27.8 Å². The van der Waals surface area contributed by atoms with Gasteiger partial charge in [0.05, 0.1) is 17.6 Å². The minimum atomic E-state index is 0.805. The van der Waals surface area contributed by atoms with Gasteiger partial charge in [0.1, 0.15) is 0 Å². The second-order valence-electron chi connectivity index (χ2n) is 4.93. The van der Waals surface area contributed by atoms with Gasteiger partial charge in [-0.3, -0.25) is 0 Å². The maximum Gasteiger partial charge on any atom is 0.0969 e. The number of nitrogens with one attached hydrogen (secondary N) is 1. The Kier molecular flexibility index (Phi) is 3.84. The molecule has 4 nitrogen and oxygen atoms in total. The Morgan fingerprint density at radius 1 is 1.32 bits per heavy atom. The van der Waals surface area contributed by atoms with Gasteiger partial charge < -0.3 is 5.32 Å². The maximum atomic E-state index is 4.20. The van der Waals surface area contributed by atoms with Crippen molar-refractivity contribution < 1.29 is 0 Å². The van der Waals surface area contributed by atoms with Crippen LogP contribution in [0.1, 0.15) is 18.5 Å². The topological polar surface area (TPSA) is 42.7 Å². The smallest absolute Gasteiger partial charge is 0.0969 e. The molecule has 0 saturated heterocycles. The van der Waals surface area contributed by atoms with E-state index in [1.54, 1.807) is 11.8 Å². The van der Waals surface area contributed by atoms with Crippen molar-refractivity contribution in [2.75, 3.05) is 12.8 Å². The Morgan fingerprint density at radius 3 is 2.79 bits per heavy atom. The predicted octanol–water partition coefficient (Wildman–Crippen LogP) is 2.49. The van der Waals surface area contributed by atoms with E-state index in [0.717, 1.165) is 30.4 Å². The molecular formula is C14H18N4S. The molecule has 0 bridgehead atoms. The fourth-order valence-corrected chi connectivity index (χ4v) is 2.38. The van der Waals surface area contributed by atoms with Gasteiger partial charge in [-0.05, 0) is 55.8 Å². The van der Waals surface area contributed by atoms with Gasteiger partial charge in [0.2, 0.25) is 0 Å². The van der Waals surface area contributed by atoms with Gasteiger partial charge in [0, 0.05) is 11.4 Å². The Morgan fingerprint density at radius 2 is 2.11 bits per heavy atom. The van der Waals surface area contributed by atoms with E-state index in [2.05, 4.69) is 46.2 Å². The lowest BCUT2D eigenvalue weighted by Gasteiger charge is -2.01. The molecule has 1 aliphatic carbocycles. The average Bonchev–Trinajstić information content (AvgIpc) is 3.15. The van der Waals surface area contributed by atoms with E-state index in [4.69, 9.17) is 0 Å². The third kappa shape index (κ3) is 3.36. The van der Waals surface area contributed by atoms with Crippen molar-refractivity contribution in [3.8, 4) is 5.69 Å². The zero-order chi connectivity index (χ0) is 13.1. The van der Waals surface area contributed by atoms with Crippen molar-refractivity contribution in [1.29, 1.82) is 0 Å². The molecular weight excluding hydrogens is 256 g/mol. The van der Waals surface area contributed by atoms with E-state index in [-0.39, 0.29) is 0 Å². The summed E-state index contributed by atoms with van der Waals surface area (Å²) >= 11 is 1.74. The molecule has 0 radical (unpaired) electrons. The summed E-state index contributed by atoms with van der Waals surface area (Å²) in [5, 5.41) is 11.8. The Hall–Kier alpha value is -1.33. The van der Waals surface area contributed by atoms with Gasteiger partial charge in [-0.15, -0.1) is 16.9 Å². The SMILES string of the molecule is CSc1ccc(-n2cc(CNCC3CC3)nn2)cc1. The first kappa shape index (κ1) is 12.7. The number of hydrogen-bond donors (Lipinski definition) is 1. The van der Waals surface area contributed by atoms with E-state index < -0.39 is 0 Å². The van der Waals surface area contributed by atoms with Crippen LogP contribution in [0, 0.1) is 5.92 Å². The molecule has 1 aliphatic rings. The molecule has 1 aromatic carbocycles. The monoisotopic (exact) mass is 274 g/mol. The van der Waals surface area contributed by atoms with Crippen LogP contribution in [0.5, 0.6) is 0 Å². The molecule has 0 atom stereocenters. The van der Waals surface area contributed by atoms with Crippen LogP contribution in [0.2, 0.25) is 0 Å². The number of rotatable bonds is 6. The lowest BCUT2D eigenvalue weighted by Crippen LogP contribution is -2.16. The molecule has 1 fully saturated rings. The third-order valence-corrected chi connectivity index (χ3v) is 4.06. The normalized spacial score (nSPS) is 14.8. The molecule has 1 heterocycles. The first-order valence-electron chi connectivity index (χ1n) is 6.61. The molecule has 2 aromatic rings. The molecule has 1 saturated carbocycles. The number of aromatic nitrogens is 3. The summed E-state index contributed by atoms with van der Waals surface area (Å²) in [5.41, 5.74) is 2.05. The van der Waals surface area contributed by atoms with E-state index in [0.29, 0.717) is 0 Å². The van der Waals surface area contributed by atoms with Crippen molar-refractivity contribution in [3.63, 3.8) is 0 Å². The minimum Gasteiger partial charge on any atom is -0.311 e. The van der Waals surface area contributed by atoms with E-state index >= 15 is 0 Å². The zero-order valence-corrected chi connectivity index (χ0v) is 11.9. The van der Waals surface area contributed by atoms with Gasteiger partial charge in [-0.1, -0.05) is 5.21 Å². The largest absolute Gasteiger partial charge is 0.311 e. The molecule has 3 rings (SSSR count). The van der Waals surface area contributed by atoms with Crippen molar-refractivity contribution in [1.82, 2.24) is 20.3 Å². The van der Waals surface area contributed by atoms with Crippen molar-refractivity contribution >= 4 is 11.8 Å². The summed E-state index contributed by atoms with van der Waals surface area (Å²) < 4.78 is 1.83. The first-order valence-corrected chi connectivity index (χ1v) is 7.84. The fraction of sp³-hybridized carbons (Fsp3) is 0.429. The molecule has 100 valence electrons. The maximum absolute atomic E-state index is 4.20. The lowest BCUT2D eigenvalue weighted by atomic mass is 10.3. The molecule has 1 N–H and O–H groups in total. The first-order chi connectivity index (χ1) is 9.35. The van der Waals surface area contributed by atoms with Crippen molar-refractivity contribution in [2.45, 2.75) is 24.3 Å². The highest BCUT2D eigenvalue weighted by atomic mass is 32.2. The summed E-state index contributed by atoms with van der Waals surface area (Å²) in [6, 6.07) is 8.35. The minimum absolute atomic E-state index is 0.805. The van der Waals surface area contributed by atoms with E-state index in [9.17, 15) is 0 Å². The van der Waals surface area contributed by atoms with Crippen LogP contribution in [0.4, 0.5) is 0 Å². The second kappa shape index (κ2) is 5.75. The molecule has 5 heteroatoms. The summed E-state index contributed by atoms with van der Waals surface area (Å²) in [4.78, 5) is 1.26. The highest BCUT2D eigenvalue weighted by molar-refractivity contribution is 7.98. The number of hydrogen-bond acceptors (Lipinski definition) is 4. The number of nitrogens with zero attached hydrogens (tertiary/aromatic N) is 3. The highest BCUT2D eigenvalue weighted by Crippen LogP contribution is 2.27. The number of benzene rings is 1. The standard InChI is InChI=1S/C14H18N4S/c1-19-14-6-4-13(5-7-14)18-10-12(16-17-18)9-15-8-11-2-3-11/h4-7,10-11,15H,2-3,8-9H2,1H3. The van der Waals surface area contributed by atoms with Crippen LogP contribution in [0.3, 0.4) is 0 Å². The number of thioether (sulfide) groups is 1. The van der Waals surface area contributed by atoms with E-state index in [1.165, 1.54) is 17.7 Å². The third-order valence-electron chi connectivity index (χ3n) is 3.31. The fourth-order valence-electron chi connectivity index (χ4n) is 1.97. The van der Waals surface area contributed by atoms with Gasteiger partial charge in [-0.2, -0.15) is 0 Å². The predicted molar refractivity (Wildman–Crippen MR) is 77.6 cm³/mol. The summed E-state index contributed by atoms with van der Waals surface area (Å²) in [7, 11) is 0. The lowest BCUT2D eigenvalue weighted by molar-refractivity contribution is 0.628. The molecule has 0 aliphatic heterocycles. The molecule has 19 heavy (non-hydrogen) atoms. The quantitative estimate of drug-likeness (QED) is 0.822. The van der Waals surface area contributed by atoms with Gasteiger partial charge >= 0.3 is 0 Å². The Bertz CT molecular complexity index is 531. The molecule has 0 spiro atoms. The van der Waals surface area contributed by atoms with Crippen molar-refractivity contribution in [3.05, 3.63) is 36.2 Å². The van der Waals surface area contributed by atoms with Crippen LogP contribution in [0.25, 0.3) is 5.69 Å². The van der Waals surface area contributed by atoms with E-state index in [1.807, 2.05) is 10.9 Å².